The van der Waals surface area contributed by atoms with Crippen LogP contribution in [0.3, 0.4) is 0 Å². The number of benzene rings is 2. The lowest BCUT2D eigenvalue weighted by atomic mass is 9.90. The number of nitrogens with zero attached hydrogens (tertiary/aromatic N) is 2. The van der Waals surface area contributed by atoms with Gasteiger partial charge in [0.25, 0.3) is 0 Å². The molecule has 0 saturated heterocycles. The molecule has 0 bridgehead atoms. The summed E-state index contributed by atoms with van der Waals surface area (Å²) in [4.78, 5) is 4.74. The molecule has 0 saturated carbocycles. The van der Waals surface area contributed by atoms with Crippen LogP contribution in [0.25, 0.3) is 0 Å². The van der Waals surface area contributed by atoms with Gasteiger partial charge in [0.1, 0.15) is 11.4 Å². The fraction of sp³-hybridized carbons (Fsp3) is 0.263. The summed E-state index contributed by atoms with van der Waals surface area (Å²) in [6, 6.07) is 15.0. The second kappa shape index (κ2) is 6.73. The van der Waals surface area contributed by atoms with Gasteiger partial charge in [0.05, 0.1) is 6.04 Å². The molecule has 1 aliphatic rings. The van der Waals surface area contributed by atoms with Crippen molar-refractivity contribution in [3.05, 3.63) is 54.1 Å². The molecule has 0 amide bonds. The molecule has 2 aromatic carbocycles. The summed E-state index contributed by atoms with van der Waals surface area (Å²) in [6.07, 6.45) is 2.61. The van der Waals surface area contributed by atoms with Gasteiger partial charge in [0.15, 0.2) is 6.19 Å². The Kier molecular flexibility index (Phi) is 4.48. The maximum Gasteiger partial charge on any atom is 0.209 e. The van der Waals surface area contributed by atoms with Gasteiger partial charge in [-0.25, -0.2) is 4.99 Å². The van der Waals surface area contributed by atoms with E-state index in [4.69, 9.17) is 20.7 Å². The predicted octanol–water partition coefficient (Wildman–Crippen LogP) is 3.41. The van der Waals surface area contributed by atoms with Crippen LogP contribution in [0, 0.1) is 11.5 Å². The van der Waals surface area contributed by atoms with Crippen molar-refractivity contribution in [2.24, 2.45) is 4.99 Å². The van der Waals surface area contributed by atoms with Gasteiger partial charge in [-0.3, -0.25) is 5.32 Å². The Balaban J connectivity index is 1.96. The third-order valence-electron chi connectivity index (χ3n) is 3.96. The van der Waals surface area contributed by atoms with E-state index in [0.29, 0.717) is 18.1 Å². The maximum absolute atomic E-state index is 9.06. The van der Waals surface area contributed by atoms with Crippen LogP contribution in [0.4, 0.5) is 11.4 Å². The summed E-state index contributed by atoms with van der Waals surface area (Å²) in [5.74, 6) is 1.17. The lowest BCUT2D eigenvalue weighted by Crippen LogP contribution is -2.36. The van der Waals surface area contributed by atoms with Gasteiger partial charge in [0.2, 0.25) is 5.96 Å². The van der Waals surface area contributed by atoms with Gasteiger partial charge in [-0.2, -0.15) is 5.26 Å². The lowest BCUT2D eigenvalue weighted by Gasteiger charge is -2.36. The molecule has 1 aliphatic heterocycles. The van der Waals surface area contributed by atoms with Crippen LogP contribution >= 0.6 is 0 Å². The largest absolute Gasteiger partial charge is 0.487 e. The van der Waals surface area contributed by atoms with Crippen molar-refractivity contribution in [1.82, 2.24) is 5.32 Å². The molecule has 2 aromatic rings. The summed E-state index contributed by atoms with van der Waals surface area (Å²) >= 11 is 0. The average Bonchev–Trinajstić information content (AvgIpc) is 2.56. The summed E-state index contributed by atoms with van der Waals surface area (Å²) in [5.41, 5.74) is 8.01. The molecule has 1 atom stereocenters. The van der Waals surface area contributed by atoms with Crippen molar-refractivity contribution in [3.8, 4) is 11.9 Å². The van der Waals surface area contributed by atoms with Gasteiger partial charge in [-0.15, -0.1) is 0 Å². The molecule has 4 N–H and O–H groups in total. The third kappa shape index (κ3) is 4.01. The Morgan fingerprint density at radius 3 is 2.76 bits per heavy atom. The Morgan fingerprint density at radius 1 is 1.28 bits per heavy atom. The van der Waals surface area contributed by atoms with Gasteiger partial charge < -0.3 is 15.8 Å². The van der Waals surface area contributed by atoms with E-state index in [1.807, 2.05) is 68.6 Å². The Labute approximate surface area is 147 Å². The van der Waals surface area contributed by atoms with Crippen molar-refractivity contribution in [2.75, 3.05) is 11.1 Å². The van der Waals surface area contributed by atoms with Crippen LogP contribution in [0.2, 0.25) is 0 Å². The summed E-state index contributed by atoms with van der Waals surface area (Å²) in [7, 11) is 0. The zero-order valence-corrected chi connectivity index (χ0v) is 14.3. The topological polar surface area (TPSA) is 95.5 Å². The Morgan fingerprint density at radius 2 is 2.04 bits per heavy atom. The highest BCUT2D eigenvalue weighted by molar-refractivity contribution is 5.94. The Hall–Kier alpha value is -3.20. The van der Waals surface area contributed by atoms with E-state index in [1.165, 1.54) is 0 Å². The van der Waals surface area contributed by atoms with Crippen LogP contribution in [0.1, 0.15) is 31.9 Å². The number of ether oxygens (including phenoxy) is 1. The van der Waals surface area contributed by atoms with E-state index < -0.39 is 0 Å². The number of hydrogen-bond donors (Lipinski definition) is 3. The zero-order chi connectivity index (χ0) is 17.9. The number of nitrogens with two attached hydrogens (primary N) is 1. The third-order valence-corrected chi connectivity index (χ3v) is 3.96. The molecule has 0 radical (unpaired) electrons. The van der Waals surface area contributed by atoms with Gasteiger partial charge in [-0.05, 0) is 44.2 Å². The number of guanidine groups is 1. The quantitative estimate of drug-likeness (QED) is 0.257. The second-order valence-electron chi connectivity index (χ2n) is 6.58. The minimum absolute atomic E-state index is 0.172. The molecule has 0 fully saturated rings. The second-order valence-corrected chi connectivity index (χ2v) is 6.58. The van der Waals surface area contributed by atoms with E-state index in [1.54, 1.807) is 0 Å². The van der Waals surface area contributed by atoms with E-state index in [2.05, 4.69) is 10.6 Å². The van der Waals surface area contributed by atoms with Gasteiger partial charge >= 0.3 is 0 Å². The van der Waals surface area contributed by atoms with Crippen LogP contribution in [-0.4, -0.2) is 11.6 Å². The number of para-hydroxylation sites is 1. The smallest absolute Gasteiger partial charge is 0.209 e. The molecule has 128 valence electrons. The van der Waals surface area contributed by atoms with Crippen molar-refractivity contribution < 1.29 is 4.74 Å². The molecule has 0 aliphatic carbocycles. The van der Waals surface area contributed by atoms with Crippen molar-refractivity contribution in [2.45, 2.75) is 31.9 Å². The van der Waals surface area contributed by atoms with Crippen LogP contribution in [0.5, 0.6) is 5.75 Å². The van der Waals surface area contributed by atoms with Crippen molar-refractivity contribution >= 4 is 17.3 Å². The molecular weight excluding hydrogens is 314 g/mol. The first-order valence-corrected chi connectivity index (χ1v) is 8.10. The minimum atomic E-state index is -0.359. The number of hydrogen-bond acceptors (Lipinski definition) is 4. The molecule has 0 aromatic heterocycles. The molecule has 25 heavy (non-hydrogen) atoms. The number of nitriles is 1. The van der Waals surface area contributed by atoms with Crippen LogP contribution in [-0.2, 0) is 0 Å². The summed E-state index contributed by atoms with van der Waals surface area (Å²) in [5, 5.41) is 14.8. The number of rotatable bonds is 2. The van der Waals surface area contributed by atoms with Crippen molar-refractivity contribution in [1.29, 1.82) is 5.26 Å². The van der Waals surface area contributed by atoms with Gasteiger partial charge in [-0.1, -0.05) is 18.2 Å². The maximum atomic E-state index is 9.06. The number of fused-ring (bicyclic) bond motifs is 1. The summed E-state index contributed by atoms with van der Waals surface area (Å²) in [6.45, 7) is 4.05. The summed E-state index contributed by atoms with van der Waals surface area (Å²) < 4.78 is 6.03. The van der Waals surface area contributed by atoms with Crippen LogP contribution < -0.4 is 21.1 Å². The fourth-order valence-corrected chi connectivity index (χ4v) is 2.91. The Bertz CT molecular complexity index is 823. The minimum Gasteiger partial charge on any atom is -0.487 e. The first-order chi connectivity index (χ1) is 12.0. The highest BCUT2D eigenvalue weighted by atomic mass is 16.5. The number of aliphatic imine (C=N–C) groups is 1. The highest BCUT2D eigenvalue weighted by Crippen LogP contribution is 2.42. The SMILES string of the molecule is CC1(C)C[C@H](N=C(NC#N)Nc2ccccc2)c2cc(N)ccc2O1. The lowest BCUT2D eigenvalue weighted by molar-refractivity contribution is 0.0733. The first kappa shape index (κ1) is 16.7. The average molecular weight is 335 g/mol. The van der Waals surface area contributed by atoms with E-state index in [-0.39, 0.29) is 11.6 Å². The van der Waals surface area contributed by atoms with Crippen LogP contribution in [0.15, 0.2) is 53.5 Å². The predicted molar refractivity (Wildman–Crippen MR) is 99.2 cm³/mol. The van der Waals surface area contributed by atoms with E-state index in [9.17, 15) is 0 Å². The number of nitrogen functional groups attached to an aromatic ring is 1. The standard InChI is InChI=1S/C19H21N5O/c1-19(2)11-16(15-10-13(21)8-9-17(15)25-19)24-18(22-12-20)23-14-6-4-3-5-7-14/h3-10,16H,11,21H2,1-2H3,(H2,22,23,24)/t16-/m0/s1. The van der Waals surface area contributed by atoms with Crippen molar-refractivity contribution in [3.63, 3.8) is 0 Å². The first-order valence-electron chi connectivity index (χ1n) is 8.10. The fourth-order valence-electron chi connectivity index (χ4n) is 2.91. The highest BCUT2D eigenvalue weighted by Gasteiger charge is 2.34. The number of nitrogens with one attached hydrogen (secondary N) is 2. The molecule has 0 unspecified atom stereocenters. The number of anilines is 2. The van der Waals surface area contributed by atoms with Gasteiger partial charge in [0, 0.05) is 23.4 Å². The monoisotopic (exact) mass is 335 g/mol. The molecular formula is C19H21N5O. The molecule has 3 rings (SSSR count). The molecule has 6 nitrogen and oxygen atoms in total. The normalized spacial score (nSPS) is 18.4. The van der Waals surface area contributed by atoms with E-state index >= 15 is 0 Å². The molecule has 0 spiro atoms. The van der Waals surface area contributed by atoms with E-state index in [0.717, 1.165) is 17.0 Å². The zero-order valence-electron chi connectivity index (χ0n) is 14.3. The molecule has 1 heterocycles. The molecule has 6 heteroatoms.